The Morgan fingerprint density at radius 1 is 1.35 bits per heavy atom. The van der Waals surface area contributed by atoms with E-state index in [2.05, 4.69) is 28.7 Å². The lowest BCUT2D eigenvalue weighted by Gasteiger charge is -2.44. The van der Waals surface area contributed by atoms with E-state index in [1.54, 1.807) is 11.8 Å². The van der Waals surface area contributed by atoms with Gasteiger partial charge in [0.15, 0.2) is 0 Å². The van der Waals surface area contributed by atoms with E-state index in [-0.39, 0.29) is 12.7 Å². The number of halogens is 1. The number of benzene rings is 1. The maximum absolute atomic E-state index is 13.7. The average Bonchev–Trinajstić information content (AvgIpc) is 3.07. The second-order valence-electron chi connectivity index (χ2n) is 7.10. The molecular weight excluding hydrogens is 333 g/mol. The molecule has 2 heterocycles. The Labute approximate surface area is 154 Å². The predicted octanol–water partition coefficient (Wildman–Crippen LogP) is 2.55. The van der Waals surface area contributed by atoms with E-state index in [1.165, 1.54) is 0 Å². The summed E-state index contributed by atoms with van der Waals surface area (Å²) in [7, 11) is 3.50. The molecule has 2 N–H and O–H groups in total. The van der Waals surface area contributed by atoms with Gasteiger partial charge in [0, 0.05) is 61.8 Å². The van der Waals surface area contributed by atoms with Gasteiger partial charge in [0.2, 0.25) is 0 Å². The van der Waals surface area contributed by atoms with Crippen LogP contribution in [0.25, 0.3) is 11.1 Å². The molecule has 1 aliphatic heterocycles. The van der Waals surface area contributed by atoms with Crippen LogP contribution in [0.5, 0.6) is 5.75 Å². The third-order valence-corrected chi connectivity index (χ3v) is 5.07. The van der Waals surface area contributed by atoms with Gasteiger partial charge in [0.05, 0.1) is 25.0 Å². The number of hydrogen-bond acceptors (Lipinski definition) is 5. The summed E-state index contributed by atoms with van der Waals surface area (Å²) in [5.74, 6) is 0.635. The smallest absolute Gasteiger partial charge is 0.143 e. The minimum absolute atomic E-state index is 0.117. The van der Waals surface area contributed by atoms with Gasteiger partial charge >= 0.3 is 0 Å². The second-order valence-corrected chi connectivity index (χ2v) is 7.10. The molecule has 142 valence electrons. The Hall–Kier alpha value is -2.28. The average molecular weight is 361 g/mol. The van der Waals surface area contributed by atoms with Crippen LogP contribution in [0.1, 0.15) is 13.8 Å². The number of anilines is 2. The quantitative estimate of drug-likeness (QED) is 0.830. The Morgan fingerprint density at radius 3 is 2.69 bits per heavy atom. The largest absolute Gasteiger partial charge is 0.495 e. The molecule has 2 aromatic rings. The number of piperazine rings is 1. The molecule has 1 fully saturated rings. The third-order valence-electron chi connectivity index (χ3n) is 5.07. The van der Waals surface area contributed by atoms with Crippen molar-refractivity contribution in [3.05, 3.63) is 24.5 Å². The molecule has 1 atom stereocenters. The molecule has 1 unspecified atom stereocenters. The van der Waals surface area contributed by atoms with Crippen molar-refractivity contribution in [2.75, 3.05) is 44.1 Å². The van der Waals surface area contributed by atoms with E-state index in [1.807, 2.05) is 31.6 Å². The highest BCUT2D eigenvalue weighted by atomic mass is 19.1. The summed E-state index contributed by atoms with van der Waals surface area (Å²) in [5, 5.41) is 4.28. The normalized spacial score (nSPS) is 18.5. The molecule has 26 heavy (non-hydrogen) atoms. The van der Waals surface area contributed by atoms with Gasteiger partial charge in [-0.3, -0.25) is 9.58 Å². The summed E-state index contributed by atoms with van der Waals surface area (Å²) in [4.78, 5) is 4.46. The highest BCUT2D eigenvalue weighted by molar-refractivity contribution is 5.83. The molecular formula is C19H28FN5O. The van der Waals surface area contributed by atoms with Gasteiger partial charge in [0.25, 0.3) is 0 Å². The standard InChI is InChI=1S/C19H28FN5O/c1-13(2)25-6-5-24(12-15(25)9-20)18-8-19(26-4)17(21)7-16(18)14-10-22-23(3)11-14/h7-8,10-11,13,15H,5-6,9,12,21H2,1-4H3. The lowest BCUT2D eigenvalue weighted by Crippen LogP contribution is -2.56. The zero-order valence-electron chi connectivity index (χ0n) is 15.9. The van der Waals surface area contributed by atoms with Gasteiger partial charge in [-0.25, -0.2) is 4.39 Å². The van der Waals surface area contributed by atoms with Crippen molar-refractivity contribution < 1.29 is 9.13 Å². The first-order valence-corrected chi connectivity index (χ1v) is 8.97. The fourth-order valence-corrected chi connectivity index (χ4v) is 3.72. The van der Waals surface area contributed by atoms with Gasteiger partial charge in [0.1, 0.15) is 12.4 Å². The fraction of sp³-hybridized carbons (Fsp3) is 0.526. The number of methoxy groups -OCH3 is 1. The van der Waals surface area contributed by atoms with Crippen LogP contribution >= 0.6 is 0 Å². The zero-order valence-corrected chi connectivity index (χ0v) is 15.9. The molecule has 7 heteroatoms. The molecule has 0 saturated carbocycles. The topological polar surface area (TPSA) is 59.5 Å². The minimum Gasteiger partial charge on any atom is -0.495 e. The van der Waals surface area contributed by atoms with Gasteiger partial charge < -0.3 is 15.4 Å². The molecule has 0 radical (unpaired) electrons. The van der Waals surface area contributed by atoms with E-state index in [0.717, 1.165) is 29.9 Å². The van der Waals surface area contributed by atoms with Gasteiger partial charge in [-0.05, 0) is 19.9 Å². The number of alkyl halides is 1. The number of ether oxygens (including phenoxy) is 1. The third kappa shape index (κ3) is 3.49. The molecule has 0 aliphatic carbocycles. The van der Waals surface area contributed by atoms with Crippen LogP contribution in [0, 0.1) is 0 Å². The molecule has 1 aliphatic rings. The van der Waals surface area contributed by atoms with Crippen LogP contribution in [0.4, 0.5) is 15.8 Å². The number of nitrogens with zero attached hydrogens (tertiary/aromatic N) is 4. The number of rotatable bonds is 5. The Balaban J connectivity index is 2.00. The van der Waals surface area contributed by atoms with Crippen LogP contribution in [-0.4, -0.2) is 60.2 Å². The highest BCUT2D eigenvalue weighted by Crippen LogP contribution is 2.39. The Bertz CT molecular complexity index is 760. The fourth-order valence-electron chi connectivity index (χ4n) is 3.72. The van der Waals surface area contributed by atoms with Crippen molar-refractivity contribution >= 4 is 11.4 Å². The van der Waals surface area contributed by atoms with Crippen LogP contribution in [0.2, 0.25) is 0 Å². The van der Waals surface area contributed by atoms with Crippen molar-refractivity contribution in [1.29, 1.82) is 0 Å². The van der Waals surface area contributed by atoms with Gasteiger partial charge in [-0.2, -0.15) is 5.10 Å². The summed E-state index contributed by atoms with van der Waals surface area (Å²) in [6.07, 6.45) is 3.78. The Kier molecular flexibility index (Phi) is 5.36. The predicted molar refractivity (Wildman–Crippen MR) is 103 cm³/mol. The molecule has 6 nitrogen and oxygen atoms in total. The van der Waals surface area contributed by atoms with E-state index in [4.69, 9.17) is 10.5 Å². The number of aryl methyl sites for hydroxylation is 1. The molecule has 0 spiro atoms. The molecule has 3 rings (SSSR count). The van der Waals surface area contributed by atoms with Crippen molar-refractivity contribution in [1.82, 2.24) is 14.7 Å². The summed E-state index contributed by atoms with van der Waals surface area (Å²) in [6.45, 7) is 6.16. The first kappa shape index (κ1) is 18.5. The Morgan fingerprint density at radius 2 is 2.12 bits per heavy atom. The number of hydrogen-bond donors (Lipinski definition) is 1. The van der Waals surface area contributed by atoms with E-state index >= 15 is 0 Å². The summed E-state index contributed by atoms with van der Waals surface area (Å²) in [5.41, 5.74) is 9.72. The number of nitrogen functional groups attached to an aromatic ring is 1. The SMILES string of the molecule is COc1cc(N2CCN(C(C)C)C(CF)C2)c(-c2cnn(C)c2)cc1N. The lowest BCUT2D eigenvalue weighted by atomic mass is 10.0. The monoisotopic (exact) mass is 361 g/mol. The molecule has 1 saturated heterocycles. The van der Waals surface area contributed by atoms with Crippen molar-refractivity contribution in [3.63, 3.8) is 0 Å². The number of aromatic nitrogens is 2. The van der Waals surface area contributed by atoms with Crippen LogP contribution < -0.4 is 15.4 Å². The number of nitrogens with two attached hydrogens (primary N) is 1. The van der Waals surface area contributed by atoms with Crippen LogP contribution in [0.15, 0.2) is 24.5 Å². The lowest BCUT2D eigenvalue weighted by molar-refractivity contribution is 0.115. The maximum atomic E-state index is 13.7. The van der Waals surface area contributed by atoms with Crippen molar-refractivity contribution in [3.8, 4) is 16.9 Å². The van der Waals surface area contributed by atoms with E-state index in [0.29, 0.717) is 24.0 Å². The van der Waals surface area contributed by atoms with E-state index < -0.39 is 0 Å². The van der Waals surface area contributed by atoms with Gasteiger partial charge in [-0.1, -0.05) is 0 Å². The molecule has 0 bridgehead atoms. The summed E-state index contributed by atoms with van der Waals surface area (Å²) >= 11 is 0. The first-order valence-electron chi connectivity index (χ1n) is 8.97. The second kappa shape index (κ2) is 7.53. The first-order chi connectivity index (χ1) is 12.4. The molecule has 1 aromatic heterocycles. The summed E-state index contributed by atoms with van der Waals surface area (Å²) in [6, 6.07) is 4.09. The van der Waals surface area contributed by atoms with Crippen molar-refractivity contribution in [2.45, 2.75) is 25.9 Å². The summed E-state index contributed by atoms with van der Waals surface area (Å²) < 4.78 is 20.9. The molecule has 0 amide bonds. The van der Waals surface area contributed by atoms with Crippen LogP contribution in [-0.2, 0) is 7.05 Å². The zero-order chi connectivity index (χ0) is 18.8. The molecule has 1 aromatic carbocycles. The van der Waals surface area contributed by atoms with Gasteiger partial charge in [-0.15, -0.1) is 0 Å². The highest BCUT2D eigenvalue weighted by Gasteiger charge is 2.30. The maximum Gasteiger partial charge on any atom is 0.143 e. The van der Waals surface area contributed by atoms with E-state index in [9.17, 15) is 4.39 Å². The van der Waals surface area contributed by atoms with Crippen LogP contribution in [0.3, 0.4) is 0 Å². The minimum atomic E-state index is -0.358. The van der Waals surface area contributed by atoms with Crippen molar-refractivity contribution in [2.24, 2.45) is 7.05 Å².